The Labute approximate surface area is 414 Å². The van der Waals surface area contributed by atoms with Crippen LogP contribution in [0.4, 0.5) is 11.5 Å². The van der Waals surface area contributed by atoms with Crippen LogP contribution in [0.15, 0.2) is 41.3 Å². The number of rotatable bonds is 28. The number of hydrogen-bond acceptors (Lipinski definition) is 22. The second-order valence-electron chi connectivity index (χ2n) is 17.1. The van der Waals surface area contributed by atoms with Crippen molar-refractivity contribution in [1.29, 1.82) is 0 Å². The molecule has 10 atom stereocenters. The summed E-state index contributed by atoms with van der Waals surface area (Å²) >= 11 is 0. The van der Waals surface area contributed by atoms with Crippen molar-refractivity contribution in [2.75, 3.05) is 70.6 Å². The first-order valence-electron chi connectivity index (χ1n) is 22.7. The topological polar surface area (TPSA) is 485 Å². The highest BCUT2D eigenvalue weighted by Gasteiger charge is 2.41. The molecule has 1 fully saturated rings. The van der Waals surface area contributed by atoms with Crippen LogP contribution in [0.3, 0.4) is 0 Å². The van der Waals surface area contributed by atoms with Gasteiger partial charge in [-0.1, -0.05) is 0 Å². The smallest absolute Gasteiger partial charge is 0.326 e. The lowest BCUT2D eigenvalue weighted by Gasteiger charge is -2.33. The van der Waals surface area contributed by atoms with Crippen LogP contribution in [-0.4, -0.2) is 238 Å². The summed E-state index contributed by atoms with van der Waals surface area (Å²) in [6, 6.07) is -1.49. The van der Waals surface area contributed by atoms with Crippen LogP contribution in [0, 0.1) is 0 Å². The summed E-state index contributed by atoms with van der Waals surface area (Å²) in [5.41, 5.74) is 6.31. The van der Waals surface area contributed by atoms with Crippen molar-refractivity contribution >= 4 is 64.0 Å². The van der Waals surface area contributed by atoms with E-state index in [1.54, 1.807) is 0 Å². The zero-order chi connectivity index (χ0) is 54.1. The lowest BCUT2D eigenvalue weighted by atomic mass is 9.98. The molecule has 3 heterocycles. The fourth-order valence-corrected chi connectivity index (χ4v) is 7.21. The molecular weight excluding hydrogens is 973 g/mol. The van der Waals surface area contributed by atoms with Gasteiger partial charge >= 0.3 is 11.9 Å². The number of carboxylic acid groups (broad SMARTS) is 2. The second kappa shape index (κ2) is 27.7. The predicted octanol–water partition coefficient (Wildman–Crippen LogP) is -8.08. The number of likely N-dealkylation sites (N-methyl/N-ethyl adjacent to an activating group) is 1. The van der Waals surface area contributed by atoms with Crippen LogP contribution >= 0.6 is 0 Å². The highest BCUT2D eigenvalue weighted by Crippen LogP contribution is 2.15. The van der Waals surface area contributed by atoms with Crippen LogP contribution < -0.4 is 43.2 Å². The zero-order valence-corrected chi connectivity index (χ0v) is 39.3. The minimum atomic E-state index is -2.53. The van der Waals surface area contributed by atoms with E-state index in [2.05, 4.69) is 35.8 Å². The number of amides is 5. The van der Waals surface area contributed by atoms with Gasteiger partial charge in [0.15, 0.2) is 5.52 Å². The van der Waals surface area contributed by atoms with Crippen LogP contribution in [0.2, 0.25) is 0 Å². The van der Waals surface area contributed by atoms with Crippen LogP contribution in [-0.2, 0) is 35.3 Å². The molecule has 0 unspecified atom stereocenters. The van der Waals surface area contributed by atoms with Gasteiger partial charge in [-0.2, -0.15) is 0 Å². The Morgan fingerprint density at radius 3 is 1.95 bits per heavy atom. The van der Waals surface area contributed by atoms with Crippen molar-refractivity contribution in [3.63, 3.8) is 0 Å². The Balaban J connectivity index is 1.44. The minimum Gasteiger partial charge on any atom is -0.481 e. The number of pyridine rings is 1. The van der Waals surface area contributed by atoms with Crippen molar-refractivity contribution in [2.45, 2.75) is 86.6 Å². The third kappa shape index (κ3) is 17.3. The van der Waals surface area contributed by atoms with Gasteiger partial charge in [0.2, 0.25) is 23.6 Å². The number of benzene rings is 1. The first-order valence-corrected chi connectivity index (χ1v) is 22.7. The normalized spacial score (nSPS) is 17.3. The van der Waals surface area contributed by atoms with E-state index < -0.39 is 140 Å². The number of carbonyl (C=O) groups excluding carboxylic acids is 5. The number of nitrogens with one attached hydrogen (secondary N) is 7. The number of nitrogens with two attached hydrogens (primary N) is 1. The molecule has 0 radical (unpaired) electrons. The molecule has 1 aromatic carbocycles. The van der Waals surface area contributed by atoms with Gasteiger partial charge in [-0.05, 0) is 37.7 Å². The van der Waals surface area contributed by atoms with Crippen LogP contribution in [0.25, 0.3) is 11.0 Å². The van der Waals surface area contributed by atoms with Crippen LogP contribution in [0.5, 0.6) is 0 Å². The molecule has 2 aromatic heterocycles. The average Bonchev–Trinajstić information content (AvgIpc) is 3.36. The summed E-state index contributed by atoms with van der Waals surface area (Å²) in [7, 11) is 1.92. The van der Waals surface area contributed by atoms with Crippen molar-refractivity contribution < 1.29 is 84.6 Å². The number of carboxylic acids is 2. The Morgan fingerprint density at radius 2 is 1.37 bits per heavy atom. The maximum Gasteiger partial charge on any atom is 0.326 e. The van der Waals surface area contributed by atoms with Gasteiger partial charge in [-0.15, -0.1) is 0 Å². The number of aliphatic hydroxyl groups excluding tert-OH is 8. The van der Waals surface area contributed by atoms with E-state index in [0.717, 1.165) is 13.1 Å². The van der Waals surface area contributed by atoms with E-state index in [0.29, 0.717) is 31.0 Å². The number of fused-ring (bicyclic) bond motifs is 1. The summed E-state index contributed by atoms with van der Waals surface area (Å²) in [6.07, 6.45) is -15.1. The molecule has 1 aliphatic rings. The van der Waals surface area contributed by atoms with Gasteiger partial charge in [-0.25, -0.2) is 9.78 Å². The van der Waals surface area contributed by atoms with Crippen molar-refractivity contribution in [1.82, 2.24) is 51.3 Å². The molecule has 30 nitrogen and oxygen atoms in total. The number of nitrogens with zero attached hydrogens (tertiary/aromatic N) is 4. The predicted molar refractivity (Wildman–Crippen MR) is 252 cm³/mol. The molecule has 1 saturated heterocycles. The molecule has 402 valence electrons. The number of H-pyrrole nitrogens is 1. The molecule has 19 N–H and O–H groups in total. The van der Waals surface area contributed by atoms with Gasteiger partial charge in [0.1, 0.15) is 66.6 Å². The van der Waals surface area contributed by atoms with Crippen molar-refractivity contribution in [2.24, 2.45) is 0 Å². The highest BCUT2D eigenvalue weighted by molar-refractivity contribution is 5.98. The summed E-state index contributed by atoms with van der Waals surface area (Å²) in [5.74, 6) is -9.68. The van der Waals surface area contributed by atoms with E-state index in [1.807, 2.05) is 27.9 Å². The number of hydrogen-bond donors (Lipinski definition) is 18. The largest absolute Gasteiger partial charge is 0.481 e. The molecule has 73 heavy (non-hydrogen) atoms. The third-order valence-corrected chi connectivity index (χ3v) is 11.6. The minimum absolute atomic E-state index is 0.0197. The number of aliphatic carboxylic acids is 2. The lowest BCUT2D eigenvalue weighted by Crippen LogP contribution is -2.64. The molecule has 0 bridgehead atoms. The maximum atomic E-state index is 13.8. The van der Waals surface area contributed by atoms with Crippen molar-refractivity contribution in [3.05, 3.63) is 58.1 Å². The van der Waals surface area contributed by atoms with E-state index in [-0.39, 0.29) is 35.5 Å². The van der Waals surface area contributed by atoms with Gasteiger partial charge in [0.05, 0.1) is 43.6 Å². The van der Waals surface area contributed by atoms with E-state index in [9.17, 15) is 89.4 Å². The van der Waals surface area contributed by atoms with Gasteiger partial charge < -0.3 is 98.6 Å². The molecular formula is C43H62N12O18. The number of anilines is 2. The number of piperazine rings is 1. The number of carbonyl (C=O) groups is 7. The SMILES string of the molecule is CN1CCN(CCNC(=O)[C@@H](NC(=O)[C@H](CC(=O)O)NC(=O)[C@@H](NC(=O)CC[C@H](NC(=O)c2ccc(NCc3cnc4cc(N)[nH]c(=O)c4n3)cc2)C(=O)O)[C@@H](O)[C@H](O)[C@H](O)CO)[C@@H](O)[C@H](O)[C@H](O)CO)CC1. The van der Waals surface area contributed by atoms with E-state index >= 15 is 0 Å². The summed E-state index contributed by atoms with van der Waals surface area (Å²) in [5, 5.41) is 115. The molecule has 0 spiro atoms. The van der Waals surface area contributed by atoms with E-state index in [4.69, 9.17) is 5.73 Å². The Morgan fingerprint density at radius 1 is 0.767 bits per heavy atom. The van der Waals surface area contributed by atoms with Crippen molar-refractivity contribution in [3.8, 4) is 0 Å². The third-order valence-electron chi connectivity index (χ3n) is 11.6. The van der Waals surface area contributed by atoms with Gasteiger partial charge in [0, 0.05) is 63.0 Å². The summed E-state index contributed by atoms with van der Waals surface area (Å²) in [4.78, 5) is 119. The first-order chi connectivity index (χ1) is 34.5. The quantitative estimate of drug-likeness (QED) is 0.0321. The summed E-state index contributed by atoms with van der Waals surface area (Å²) < 4.78 is 0. The van der Waals surface area contributed by atoms with E-state index in [1.165, 1.54) is 36.5 Å². The molecule has 5 amide bonds. The standard InChI is InChI=1S/C43H62N12O18/c1-54-10-12-55(13-11-54)9-8-45-40(69)32(36(65)34(63)26(58)18-56)53-39(68)25(15-30(61)62)50-42(71)33(37(66)35(64)27(59)19-57)52-29(60)7-6-23(43(72)73)49-38(67)20-2-4-21(5-3-20)46-16-22-17-47-24-14-28(44)51-41(70)31(24)48-22/h2-5,14,17,23,25-27,32-37,46,56-59,63-66H,6-13,15-16,18-19H2,1H3,(H,45,69)(H,49,67)(H,50,71)(H,52,60)(H,53,68)(H,61,62)(H,72,73)(H3,44,51,70)/t23-,25-,26+,27+,32-,33-,34+,35+,36+,37+/m0/s1. The van der Waals surface area contributed by atoms with Crippen LogP contribution in [0.1, 0.15) is 35.3 Å². The molecule has 0 saturated carbocycles. The molecule has 30 heteroatoms. The number of aromatic amines is 1. The first kappa shape index (κ1) is 58.6. The Bertz CT molecular complexity index is 2440. The number of aromatic nitrogens is 3. The molecule has 3 aromatic rings. The fourth-order valence-electron chi connectivity index (χ4n) is 7.21. The average molecular weight is 1040 g/mol. The molecule has 4 rings (SSSR count). The summed E-state index contributed by atoms with van der Waals surface area (Å²) in [6.45, 7) is 0.804. The lowest BCUT2D eigenvalue weighted by molar-refractivity contribution is -0.145. The monoisotopic (exact) mass is 1030 g/mol. The Hall–Kier alpha value is -7.00. The van der Waals surface area contributed by atoms with Gasteiger partial charge in [-0.3, -0.25) is 43.4 Å². The second-order valence-corrected chi connectivity index (χ2v) is 17.1. The maximum absolute atomic E-state index is 13.8. The number of aliphatic hydroxyl groups is 8. The highest BCUT2D eigenvalue weighted by atomic mass is 16.4. The zero-order valence-electron chi connectivity index (χ0n) is 39.3. The molecule has 0 aliphatic carbocycles. The fraction of sp³-hybridized carbons (Fsp3) is 0.535. The number of nitrogen functional groups attached to an aromatic ring is 1. The molecule has 1 aliphatic heterocycles. The Kier molecular flexibility index (Phi) is 22.2. The van der Waals surface area contributed by atoms with Gasteiger partial charge in [0.25, 0.3) is 11.5 Å².